The SMILES string of the molecule is COc1ccc(Cl)cc1NC(=O)CN(C)CC(=O)c1cc(C)n(C)c1C. The molecule has 1 aromatic heterocycles. The number of nitrogens with one attached hydrogen (secondary N) is 1. The molecule has 2 aromatic rings. The highest BCUT2D eigenvalue weighted by Crippen LogP contribution is 2.27. The number of nitrogens with zero attached hydrogens (tertiary/aromatic N) is 2. The first-order valence-electron chi connectivity index (χ1n) is 8.21. The van der Waals surface area contributed by atoms with Crippen LogP contribution in [0.2, 0.25) is 5.02 Å². The summed E-state index contributed by atoms with van der Waals surface area (Å²) in [7, 11) is 5.18. The molecule has 0 unspecified atom stereocenters. The molecular formula is C19H24ClN3O3. The molecule has 140 valence electrons. The summed E-state index contributed by atoms with van der Waals surface area (Å²) in [6, 6.07) is 6.87. The van der Waals surface area contributed by atoms with Crippen molar-refractivity contribution < 1.29 is 14.3 Å². The smallest absolute Gasteiger partial charge is 0.238 e. The molecular weight excluding hydrogens is 354 g/mol. The Morgan fingerprint density at radius 3 is 2.50 bits per heavy atom. The van der Waals surface area contributed by atoms with Crippen molar-refractivity contribution in [1.82, 2.24) is 9.47 Å². The number of Topliss-reactive ketones (excluding diaryl/α,β-unsaturated/α-hetero) is 1. The van der Waals surface area contributed by atoms with Crippen molar-refractivity contribution in [2.45, 2.75) is 13.8 Å². The molecule has 0 fully saturated rings. The second kappa shape index (κ2) is 8.38. The van der Waals surface area contributed by atoms with Crippen LogP contribution in [0.25, 0.3) is 0 Å². The predicted molar refractivity (Wildman–Crippen MR) is 103 cm³/mol. The normalized spacial score (nSPS) is 10.9. The van der Waals surface area contributed by atoms with Crippen LogP contribution in [-0.2, 0) is 11.8 Å². The van der Waals surface area contributed by atoms with Crippen LogP contribution in [0.15, 0.2) is 24.3 Å². The van der Waals surface area contributed by atoms with Crippen molar-refractivity contribution in [1.29, 1.82) is 0 Å². The number of likely N-dealkylation sites (N-methyl/N-ethyl adjacent to an activating group) is 1. The molecule has 0 saturated carbocycles. The fraction of sp³-hybridized carbons (Fsp3) is 0.368. The van der Waals surface area contributed by atoms with Gasteiger partial charge in [0.25, 0.3) is 0 Å². The number of benzene rings is 1. The number of carbonyl (C=O) groups excluding carboxylic acids is 2. The van der Waals surface area contributed by atoms with Gasteiger partial charge in [-0.25, -0.2) is 0 Å². The van der Waals surface area contributed by atoms with E-state index in [-0.39, 0.29) is 24.8 Å². The van der Waals surface area contributed by atoms with Crippen LogP contribution in [0, 0.1) is 13.8 Å². The summed E-state index contributed by atoms with van der Waals surface area (Å²) in [5.74, 6) is 0.264. The van der Waals surface area contributed by atoms with Crippen LogP contribution in [0.5, 0.6) is 5.75 Å². The monoisotopic (exact) mass is 377 g/mol. The molecule has 0 aliphatic rings. The second-order valence-corrected chi connectivity index (χ2v) is 6.77. The summed E-state index contributed by atoms with van der Waals surface area (Å²) < 4.78 is 7.19. The maximum absolute atomic E-state index is 12.5. The molecule has 1 amide bonds. The number of amides is 1. The minimum atomic E-state index is -0.248. The highest BCUT2D eigenvalue weighted by atomic mass is 35.5. The quantitative estimate of drug-likeness (QED) is 0.753. The third-order valence-corrected chi connectivity index (χ3v) is 4.57. The number of methoxy groups -OCH3 is 1. The van der Waals surface area contributed by atoms with E-state index >= 15 is 0 Å². The number of hydrogen-bond donors (Lipinski definition) is 1. The van der Waals surface area contributed by atoms with Crippen molar-refractivity contribution in [3.63, 3.8) is 0 Å². The van der Waals surface area contributed by atoms with E-state index in [9.17, 15) is 9.59 Å². The standard InChI is InChI=1S/C19H24ClN3O3/c1-12-8-15(13(2)23(12)4)17(24)10-22(3)11-19(25)21-16-9-14(20)6-7-18(16)26-5/h6-9H,10-11H2,1-5H3,(H,21,25). The van der Waals surface area contributed by atoms with Gasteiger partial charge in [-0.3, -0.25) is 14.5 Å². The van der Waals surface area contributed by atoms with E-state index < -0.39 is 0 Å². The minimum absolute atomic E-state index is 0.0122. The van der Waals surface area contributed by atoms with E-state index in [2.05, 4.69) is 5.32 Å². The van der Waals surface area contributed by atoms with Crippen molar-refractivity contribution in [3.05, 3.63) is 46.2 Å². The average Bonchev–Trinajstić information content (AvgIpc) is 2.82. The number of aryl methyl sites for hydroxylation is 1. The van der Waals surface area contributed by atoms with Crippen molar-refractivity contribution in [2.75, 3.05) is 32.6 Å². The number of rotatable bonds is 7. The maximum atomic E-state index is 12.5. The zero-order valence-corrected chi connectivity index (χ0v) is 16.5. The maximum Gasteiger partial charge on any atom is 0.238 e. The van der Waals surface area contributed by atoms with Gasteiger partial charge in [0.15, 0.2) is 5.78 Å². The molecule has 1 aromatic carbocycles. The Labute approximate surface area is 158 Å². The Morgan fingerprint density at radius 2 is 1.92 bits per heavy atom. The third kappa shape index (κ3) is 4.65. The predicted octanol–water partition coefficient (Wildman–Crippen LogP) is 3.06. The van der Waals surface area contributed by atoms with Gasteiger partial charge in [0.1, 0.15) is 5.75 Å². The largest absolute Gasteiger partial charge is 0.495 e. The molecule has 0 atom stereocenters. The molecule has 0 spiro atoms. The van der Waals surface area contributed by atoms with Crippen LogP contribution in [0.3, 0.4) is 0 Å². The Bertz CT molecular complexity index is 830. The van der Waals surface area contributed by atoms with E-state index in [1.807, 2.05) is 31.5 Å². The van der Waals surface area contributed by atoms with E-state index in [4.69, 9.17) is 16.3 Å². The number of ketones is 1. The van der Waals surface area contributed by atoms with Crippen LogP contribution in [0.1, 0.15) is 21.7 Å². The lowest BCUT2D eigenvalue weighted by atomic mass is 10.1. The van der Waals surface area contributed by atoms with E-state index in [1.54, 1.807) is 30.1 Å². The van der Waals surface area contributed by atoms with Crippen LogP contribution < -0.4 is 10.1 Å². The first-order valence-corrected chi connectivity index (χ1v) is 8.58. The molecule has 2 rings (SSSR count). The van der Waals surface area contributed by atoms with Gasteiger partial charge in [0, 0.05) is 29.0 Å². The van der Waals surface area contributed by atoms with Crippen LogP contribution in [-0.4, -0.2) is 48.4 Å². The zero-order chi connectivity index (χ0) is 19.4. The lowest BCUT2D eigenvalue weighted by Crippen LogP contribution is -2.34. The van der Waals surface area contributed by atoms with Gasteiger partial charge in [-0.1, -0.05) is 11.6 Å². The summed E-state index contributed by atoms with van der Waals surface area (Å²) >= 11 is 5.97. The molecule has 0 bridgehead atoms. The first kappa shape index (κ1) is 20.0. The molecule has 0 aliphatic carbocycles. The highest BCUT2D eigenvalue weighted by molar-refractivity contribution is 6.31. The van der Waals surface area contributed by atoms with Gasteiger partial charge >= 0.3 is 0 Å². The van der Waals surface area contributed by atoms with E-state index in [1.165, 1.54) is 7.11 Å². The van der Waals surface area contributed by atoms with Gasteiger partial charge in [0.2, 0.25) is 5.91 Å². The molecule has 7 heteroatoms. The summed E-state index contributed by atoms with van der Waals surface area (Å²) in [4.78, 5) is 26.5. The van der Waals surface area contributed by atoms with Gasteiger partial charge < -0.3 is 14.6 Å². The zero-order valence-electron chi connectivity index (χ0n) is 15.7. The fourth-order valence-corrected chi connectivity index (χ4v) is 2.91. The van der Waals surface area contributed by atoms with E-state index in [0.717, 1.165) is 11.4 Å². The van der Waals surface area contributed by atoms with Crippen LogP contribution >= 0.6 is 11.6 Å². The van der Waals surface area contributed by atoms with E-state index in [0.29, 0.717) is 22.0 Å². The molecule has 26 heavy (non-hydrogen) atoms. The van der Waals surface area contributed by atoms with Gasteiger partial charge in [0.05, 0.1) is 25.9 Å². The molecule has 0 aliphatic heterocycles. The Balaban J connectivity index is 1.98. The average molecular weight is 378 g/mol. The van der Waals surface area contributed by atoms with Crippen LogP contribution in [0.4, 0.5) is 5.69 Å². The molecule has 1 heterocycles. The summed E-state index contributed by atoms with van der Waals surface area (Å²) in [5, 5.41) is 3.26. The van der Waals surface area contributed by atoms with Crippen molar-refractivity contribution >= 4 is 29.0 Å². The minimum Gasteiger partial charge on any atom is -0.495 e. The lowest BCUT2D eigenvalue weighted by Gasteiger charge is -2.16. The molecule has 0 saturated heterocycles. The molecule has 6 nitrogen and oxygen atoms in total. The fourth-order valence-electron chi connectivity index (χ4n) is 2.74. The number of ether oxygens (including phenoxy) is 1. The number of aromatic nitrogens is 1. The summed E-state index contributed by atoms with van der Waals surface area (Å²) in [5.41, 5.74) is 3.14. The summed E-state index contributed by atoms with van der Waals surface area (Å²) in [6.45, 7) is 4.11. The number of halogens is 1. The topological polar surface area (TPSA) is 63.6 Å². The first-order chi connectivity index (χ1) is 12.2. The lowest BCUT2D eigenvalue weighted by molar-refractivity contribution is -0.116. The molecule has 1 N–H and O–H groups in total. The Hall–Kier alpha value is -2.31. The Morgan fingerprint density at radius 1 is 1.23 bits per heavy atom. The second-order valence-electron chi connectivity index (χ2n) is 6.33. The Kier molecular flexibility index (Phi) is 6.45. The molecule has 0 radical (unpaired) electrons. The third-order valence-electron chi connectivity index (χ3n) is 4.34. The number of anilines is 1. The number of hydrogen-bond acceptors (Lipinski definition) is 4. The van der Waals surface area contributed by atoms with Gasteiger partial charge in [-0.15, -0.1) is 0 Å². The van der Waals surface area contributed by atoms with Crippen molar-refractivity contribution in [2.24, 2.45) is 7.05 Å². The van der Waals surface area contributed by atoms with Gasteiger partial charge in [-0.2, -0.15) is 0 Å². The van der Waals surface area contributed by atoms with Gasteiger partial charge in [-0.05, 0) is 45.2 Å². The summed E-state index contributed by atoms with van der Waals surface area (Å²) in [6.07, 6.45) is 0. The van der Waals surface area contributed by atoms with Crippen molar-refractivity contribution in [3.8, 4) is 5.75 Å². The number of carbonyl (C=O) groups is 2. The highest BCUT2D eigenvalue weighted by Gasteiger charge is 2.17.